The maximum atomic E-state index is 12.3. The summed E-state index contributed by atoms with van der Waals surface area (Å²) >= 11 is 1.53. The van der Waals surface area contributed by atoms with Gasteiger partial charge in [-0.15, -0.1) is 24.2 Å². The van der Waals surface area contributed by atoms with Gasteiger partial charge in [0.05, 0.1) is 11.2 Å². The Hall–Kier alpha value is -1.84. The van der Waals surface area contributed by atoms with Gasteiger partial charge in [-0.3, -0.25) is 4.79 Å². The van der Waals surface area contributed by atoms with E-state index >= 15 is 0 Å². The highest BCUT2D eigenvalue weighted by molar-refractivity contribution is 8.04. The molecule has 3 rings (SSSR count). The molecule has 2 aromatic heterocycles. The van der Waals surface area contributed by atoms with E-state index in [0.29, 0.717) is 17.1 Å². The number of halogens is 1. The summed E-state index contributed by atoms with van der Waals surface area (Å²) in [5, 5.41) is 2.86. The molecule has 1 aliphatic rings. The van der Waals surface area contributed by atoms with Crippen molar-refractivity contribution in [2.45, 2.75) is 19.4 Å². The van der Waals surface area contributed by atoms with Crippen molar-refractivity contribution >= 4 is 47.1 Å². The minimum Gasteiger partial charge on any atom is -0.350 e. The summed E-state index contributed by atoms with van der Waals surface area (Å²) in [6.45, 7) is 4.92. The van der Waals surface area contributed by atoms with Crippen LogP contribution >= 0.6 is 24.2 Å². The smallest absolute Gasteiger partial charge is 0.259 e. The molecule has 1 aliphatic heterocycles. The first-order valence-electron chi connectivity index (χ1n) is 7.26. The maximum Gasteiger partial charge on any atom is 0.259 e. The van der Waals surface area contributed by atoms with Crippen LogP contribution in [-0.2, 0) is 4.79 Å². The molecule has 130 valence electrons. The van der Waals surface area contributed by atoms with E-state index in [-0.39, 0.29) is 18.3 Å². The lowest BCUT2D eigenvalue weighted by atomic mass is 10.1. The summed E-state index contributed by atoms with van der Waals surface area (Å²) in [7, 11) is 0. The van der Waals surface area contributed by atoms with Crippen molar-refractivity contribution in [3.05, 3.63) is 23.8 Å². The van der Waals surface area contributed by atoms with Crippen LogP contribution in [0.5, 0.6) is 0 Å². The molecule has 8 nitrogen and oxygen atoms in total. The van der Waals surface area contributed by atoms with Crippen LogP contribution in [-0.4, -0.2) is 50.2 Å². The Morgan fingerprint density at radius 3 is 3.00 bits per heavy atom. The molecule has 0 saturated carbocycles. The number of thioether (sulfide) groups is 1. The molecule has 0 radical (unpaired) electrons. The molecular weight excluding hydrogens is 350 g/mol. The molecule has 0 atom stereocenters. The number of carbonyl (C=O) groups excluding carboxylic acids is 1. The van der Waals surface area contributed by atoms with Crippen LogP contribution in [0.25, 0.3) is 11.2 Å². The molecule has 3 heterocycles. The number of nitrogens with two attached hydrogens (primary N) is 1. The molecular formula is C14H20ClN7OS. The number of hydrogen-bond acceptors (Lipinski definition) is 7. The Bertz CT molecular complexity index is 755. The summed E-state index contributed by atoms with van der Waals surface area (Å²) < 4.78 is 0. The molecule has 0 bridgehead atoms. The first kappa shape index (κ1) is 18.5. The van der Waals surface area contributed by atoms with Crippen LogP contribution in [0.4, 0.5) is 5.82 Å². The van der Waals surface area contributed by atoms with Crippen molar-refractivity contribution in [3.63, 3.8) is 0 Å². The molecule has 2 aromatic rings. The highest BCUT2D eigenvalue weighted by Crippen LogP contribution is 2.27. The van der Waals surface area contributed by atoms with Gasteiger partial charge >= 0.3 is 0 Å². The van der Waals surface area contributed by atoms with E-state index in [1.807, 2.05) is 24.9 Å². The molecule has 0 aliphatic carbocycles. The van der Waals surface area contributed by atoms with Gasteiger partial charge in [-0.25, -0.2) is 15.0 Å². The number of nitrogens with zero attached hydrogens (tertiary/aromatic N) is 4. The van der Waals surface area contributed by atoms with Crippen molar-refractivity contribution in [1.82, 2.24) is 25.3 Å². The lowest BCUT2D eigenvalue weighted by Crippen LogP contribution is -2.45. The van der Waals surface area contributed by atoms with Crippen LogP contribution in [0.1, 0.15) is 13.8 Å². The van der Waals surface area contributed by atoms with Gasteiger partial charge in [0.25, 0.3) is 5.91 Å². The minimum absolute atomic E-state index is 0. The third kappa shape index (κ3) is 4.16. The molecule has 0 aromatic carbocycles. The molecule has 10 heteroatoms. The highest BCUT2D eigenvalue weighted by Gasteiger charge is 2.22. The number of nitrogens with one attached hydrogen (secondary N) is 2. The number of rotatable bonds is 4. The summed E-state index contributed by atoms with van der Waals surface area (Å²) in [6, 6.07) is 0. The highest BCUT2D eigenvalue weighted by atomic mass is 35.5. The van der Waals surface area contributed by atoms with Crippen molar-refractivity contribution < 1.29 is 4.79 Å². The van der Waals surface area contributed by atoms with E-state index in [4.69, 9.17) is 5.73 Å². The fourth-order valence-corrected chi connectivity index (χ4v) is 3.07. The molecule has 1 amide bonds. The Balaban J connectivity index is 0.00000208. The summed E-state index contributed by atoms with van der Waals surface area (Å²) in [6.07, 6.45) is 4.88. The van der Waals surface area contributed by atoms with Gasteiger partial charge in [0.15, 0.2) is 11.5 Å². The molecule has 4 N–H and O–H groups in total. The van der Waals surface area contributed by atoms with Crippen molar-refractivity contribution in [1.29, 1.82) is 0 Å². The van der Waals surface area contributed by atoms with E-state index < -0.39 is 5.54 Å². The topological polar surface area (TPSA) is 113 Å². The van der Waals surface area contributed by atoms with E-state index in [0.717, 1.165) is 23.6 Å². The Labute approximate surface area is 150 Å². The number of carbonyl (C=O) groups is 1. The number of hydrogen-bond donors (Lipinski definition) is 3. The number of aromatic nitrogens is 4. The van der Waals surface area contributed by atoms with Gasteiger partial charge in [0.2, 0.25) is 0 Å². The second-order valence-electron chi connectivity index (χ2n) is 6.00. The first-order chi connectivity index (χ1) is 10.9. The van der Waals surface area contributed by atoms with Crippen LogP contribution in [0.3, 0.4) is 0 Å². The van der Waals surface area contributed by atoms with E-state index in [2.05, 4.69) is 25.3 Å². The van der Waals surface area contributed by atoms with Gasteiger partial charge in [-0.2, -0.15) is 0 Å². The van der Waals surface area contributed by atoms with Crippen molar-refractivity contribution in [3.8, 4) is 0 Å². The summed E-state index contributed by atoms with van der Waals surface area (Å²) in [5.74, 6) is 1.40. The van der Waals surface area contributed by atoms with Gasteiger partial charge in [0.1, 0.15) is 11.8 Å². The Morgan fingerprint density at radius 1 is 1.46 bits per heavy atom. The molecule has 0 spiro atoms. The third-order valence-electron chi connectivity index (χ3n) is 3.27. The molecule has 0 unspecified atom stereocenters. The monoisotopic (exact) mass is 369 g/mol. The Kier molecular flexibility index (Phi) is 5.68. The zero-order valence-electron chi connectivity index (χ0n) is 13.4. The quantitative estimate of drug-likeness (QED) is 0.737. The largest absolute Gasteiger partial charge is 0.350 e. The number of anilines is 1. The maximum absolute atomic E-state index is 12.3. The predicted octanol–water partition coefficient (Wildman–Crippen LogP) is 1.02. The molecule has 0 fully saturated rings. The number of aromatic amines is 1. The number of amides is 1. The van der Waals surface area contributed by atoms with E-state index in [1.54, 1.807) is 6.33 Å². The fourth-order valence-electron chi connectivity index (χ4n) is 2.15. The van der Waals surface area contributed by atoms with E-state index in [1.165, 1.54) is 18.1 Å². The minimum atomic E-state index is -0.440. The van der Waals surface area contributed by atoms with Crippen LogP contribution in [0.2, 0.25) is 0 Å². The number of imidazole rings is 1. The first-order valence-corrected chi connectivity index (χ1v) is 8.25. The van der Waals surface area contributed by atoms with Gasteiger partial charge in [-0.1, -0.05) is 0 Å². The lowest BCUT2D eigenvalue weighted by molar-refractivity contribution is -0.117. The number of fused-ring (bicyclic) bond motifs is 1. The van der Waals surface area contributed by atoms with Crippen LogP contribution in [0.15, 0.2) is 23.8 Å². The summed E-state index contributed by atoms with van der Waals surface area (Å²) in [4.78, 5) is 30.5. The average molecular weight is 370 g/mol. The van der Waals surface area contributed by atoms with Gasteiger partial charge in [-0.05, 0) is 13.8 Å². The van der Waals surface area contributed by atoms with Gasteiger partial charge < -0.3 is 20.9 Å². The van der Waals surface area contributed by atoms with Gasteiger partial charge in [0, 0.05) is 30.6 Å². The van der Waals surface area contributed by atoms with Crippen LogP contribution in [0, 0.1) is 0 Å². The normalized spacial score (nSPS) is 15.0. The molecule has 0 saturated heterocycles. The zero-order valence-corrected chi connectivity index (χ0v) is 15.1. The molecule has 24 heavy (non-hydrogen) atoms. The zero-order chi connectivity index (χ0) is 16.4. The standard InChI is InChI=1S/C14H19N7OS.ClH/c1-14(2,15)6-16-13(22)9-5-21(3-4-23-9)12-10-11(18-7-17-10)19-8-20-12;/h5,7-8H,3-4,6,15H2,1-2H3,(H,16,22)(H,17,18,19,20);1H. The summed E-state index contributed by atoms with van der Waals surface area (Å²) in [5.41, 5.74) is 6.83. The third-order valence-corrected chi connectivity index (χ3v) is 4.25. The fraction of sp³-hybridized carbons (Fsp3) is 0.429. The Morgan fingerprint density at radius 2 is 2.25 bits per heavy atom. The second-order valence-corrected chi connectivity index (χ2v) is 7.14. The van der Waals surface area contributed by atoms with Crippen LogP contribution < -0.4 is 16.0 Å². The lowest BCUT2D eigenvalue weighted by Gasteiger charge is -2.26. The SMILES string of the molecule is CC(C)(N)CNC(=O)C1=CN(c2ncnc3nc[nH]c23)CCS1.Cl. The van der Waals surface area contributed by atoms with Crippen molar-refractivity contribution in [2.24, 2.45) is 5.73 Å². The second kappa shape index (κ2) is 7.37. The predicted molar refractivity (Wildman–Crippen MR) is 98.1 cm³/mol. The van der Waals surface area contributed by atoms with Crippen molar-refractivity contribution in [2.75, 3.05) is 23.7 Å². The average Bonchev–Trinajstić information content (AvgIpc) is 3.00. The van der Waals surface area contributed by atoms with E-state index in [9.17, 15) is 4.79 Å². The number of H-pyrrole nitrogens is 1.